The Hall–Kier alpha value is -1.49. The maximum Gasteiger partial charge on any atom is 0.243 e. The number of benzene rings is 1. The summed E-state index contributed by atoms with van der Waals surface area (Å²) in [5.41, 5.74) is 1.04. The molecule has 1 aliphatic carbocycles. The first-order valence-corrected chi connectivity index (χ1v) is 9.57. The number of hydrogen-bond acceptors (Lipinski definition) is 3. The van der Waals surface area contributed by atoms with Crippen LogP contribution in [0.5, 0.6) is 0 Å². The molecule has 0 spiro atoms. The van der Waals surface area contributed by atoms with Crippen LogP contribution in [-0.2, 0) is 9.59 Å². The van der Waals surface area contributed by atoms with Gasteiger partial charge in [-0.25, -0.2) is 0 Å². The van der Waals surface area contributed by atoms with E-state index in [1.807, 2.05) is 37.3 Å². The van der Waals surface area contributed by atoms with Gasteiger partial charge in [-0.05, 0) is 30.7 Å². The fourth-order valence-electron chi connectivity index (χ4n) is 3.00. The number of carbonyl (C=O) groups is 2. The molecule has 124 valence electrons. The first-order chi connectivity index (χ1) is 11.2. The van der Waals surface area contributed by atoms with Crippen LogP contribution in [0.15, 0.2) is 30.3 Å². The molecule has 1 saturated carbocycles. The van der Waals surface area contributed by atoms with E-state index in [-0.39, 0.29) is 23.8 Å². The largest absolute Gasteiger partial charge is 0.354 e. The summed E-state index contributed by atoms with van der Waals surface area (Å²) in [5.74, 6) is 1.91. The number of carbonyl (C=O) groups excluding carboxylic acids is 2. The van der Waals surface area contributed by atoms with Gasteiger partial charge in [0.05, 0.1) is 11.8 Å². The Balaban J connectivity index is 1.67. The number of amides is 2. The molecule has 23 heavy (non-hydrogen) atoms. The Labute approximate surface area is 142 Å². The Morgan fingerprint density at radius 1 is 1.30 bits per heavy atom. The quantitative estimate of drug-likeness (QED) is 0.871. The Bertz CT molecular complexity index is 559. The van der Waals surface area contributed by atoms with Gasteiger partial charge in [-0.15, -0.1) is 11.8 Å². The van der Waals surface area contributed by atoms with Crippen LogP contribution in [0.2, 0.25) is 0 Å². The summed E-state index contributed by atoms with van der Waals surface area (Å²) < 4.78 is 0. The molecule has 1 saturated heterocycles. The molecule has 2 aliphatic rings. The van der Waals surface area contributed by atoms with E-state index >= 15 is 0 Å². The molecule has 3 rings (SSSR count). The average molecular weight is 332 g/mol. The number of nitrogens with one attached hydrogen (secondary N) is 1. The van der Waals surface area contributed by atoms with E-state index in [2.05, 4.69) is 5.32 Å². The number of hydrogen-bond donors (Lipinski definition) is 1. The average Bonchev–Trinajstić information content (AvgIpc) is 3.28. The van der Waals surface area contributed by atoms with Crippen LogP contribution in [0.3, 0.4) is 0 Å². The van der Waals surface area contributed by atoms with Crippen molar-refractivity contribution in [2.75, 3.05) is 18.2 Å². The first-order valence-electron chi connectivity index (χ1n) is 8.41. The zero-order valence-corrected chi connectivity index (χ0v) is 14.3. The highest BCUT2D eigenvalue weighted by Gasteiger charge is 2.37. The van der Waals surface area contributed by atoms with E-state index in [0.29, 0.717) is 17.5 Å². The monoisotopic (exact) mass is 332 g/mol. The summed E-state index contributed by atoms with van der Waals surface area (Å²) in [6, 6.07) is 9.56. The highest BCUT2D eigenvalue weighted by atomic mass is 32.2. The van der Waals surface area contributed by atoms with Gasteiger partial charge in [0.2, 0.25) is 11.8 Å². The molecule has 2 unspecified atom stereocenters. The van der Waals surface area contributed by atoms with Gasteiger partial charge in [-0.3, -0.25) is 9.59 Å². The minimum absolute atomic E-state index is 0.0122. The Morgan fingerprint density at radius 2 is 2.04 bits per heavy atom. The minimum atomic E-state index is -0.316. The van der Waals surface area contributed by atoms with E-state index in [1.54, 1.807) is 16.7 Å². The van der Waals surface area contributed by atoms with Gasteiger partial charge in [0.1, 0.15) is 6.04 Å². The predicted molar refractivity (Wildman–Crippen MR) is 93.2 cm³/mol. The molecule has 1 aliphatic heterocycles. The van der Waals surface area contributed by atoms with Crippen molar-refractivity contribution in [2.45, 2.75) is 38.1 Å². The zero-order chi connectivity index (χ0) is 16.2. The molecule has 2 atom stereocenters. The van der Waals surface area contributed by atoms with Gasteiger partial charge in [0.15, 0.2) is 0 Å². The van der Waals surface area contributed by atoms with Crippen molar-refractivity contribution in [2.24, 2.45) is 5.92 Å². The van der Waals surface area contributed by atoms with Crippen LogP contribution in [0, 0.1) is 5.92 Å². The van der Waals surface area contributed by atoms with Gasteiger partial charge in [-0.1, -0.05) is 37.3 Å². The van der Waals surface area contributed by atoms with Crippen molar-refractivity contribution in [3.05, 3.63) is 35.9 Å². The lowest BCUT2D eigenvalue weighted by Crippen LogP contribution is -2.49. The van der Waals surface area contributed by atoms with Crippen molar-refractivity contribution < 1.29 is 9.59 Å². The van der Waals surface area contributed by atoms with Gasteiger partial charge < -0.3 is 10.2 Å². The molecule has 1 aromatic rings. The van der Waals surface area contributed by atoms with Crippen molar-refractivity contribution >= 4 is 23.6 Å². The summed E-state index contributed by atoms with van der Waals surface area (Å²) in [6.45, 7) is 2.79. The van der Waals surface area contributed by atoms with Crippen molar-refractivity contribution in [1.29, 1.82) is 0 Å². The van der Waals surface area contributed by atoms with Crippen LogP contribution < -0.4 is 5.32 Å². The highest BCUT2D eigenvalue weighted by Crippen LogP contribution is 2.30. The topological polar surface area (TPSA) is 49.4 Å². The summed E-state index contributed by atoms with van der Waals surface area (Å²) in [7, 11) is 0. The fourth-order valence-corrected chi connectivity index (χ4v) is 4.16. The molecule has 5 heteroatoms. The van der Waals surface area contributed by atoms with Crippen molar-refractivity contribution in [1.82, 2.24) is 10.2 Å². The van der Waals surface area contributed by atoms with E-state index < -0.39 is 0 Å². The molecule has 0 bridgehead atoms. The minimum Gasteiger partial charge on any atom is -0.354 e. The van der Waals surface area contributed by atoms with E-state index in [0.717, 1.165) is 18.5 Å². The summed E-state index contributed by atoms with van der Waals surface area (Å²) in [4.78, 5) is 27.2. The van der Waals surface area contributed by atoms with Crippen LogP contribution in [0.4, 0.5) is 0 Å². The van der Waals surface area contributed by atoms with Crippen molar-refractivity contribution in [3.8, 4) is 0 Å². The maximum absolute atomic E-state index is 13.0. The third-order valence-corrected chi connectivity index (χ3v) is 5.65. The van der Waals surface area contributed by atoms with Crippen LogP contribution >= 0.6 is 11.8 Å². The van der Waals surface area contributed by atoms with Crippen LogP contribution in [0.25, 0.3) is 0 Å². The third-order valence-electron chi connectivity index (χ3n) is 4.64. The lowest BCUT2D eigenvalue weighted by molar-refractivity contribution is -0.139. The summed E-state index contributed by atoms with van der Waals surface area (Å²) in [5, 5.41) is 3.02. The van der Waals surface area contributed by atoms with Gasteiger partial charge >= 0.3 is 0 Å². The maximum atomic E-state index is 13.0. The summed E-state index contributed by atoms with van der Waals surface area (Å²) >= 11 is 1.66. The second kappa shape index (κ2) is 7.39. The molecule has 1 aromatic carbocycles. The van der Waals surface area contributed by atoms with Crippen LogP contribution in [-0.4, -0.2) is 40.9 Å². The molecule has 1 heterocycles. The van der Waals surface area contributed by atoms with E-state index in [4.69, 9.17) is 0 Å². The van der Waals surface area contributed by atoms with Gasteiger partial charge in [0.25, 0.3) is 0 Å². The van der Waals surface area contributed by atoms with Crippen molar-refractivity contribution in [3.63, 3.8) is 0 Å². The predicted octanol–water partition coefficient (Wildman–Crippen LogP) is 2.61. The lowest BCUT2D eigenvalue weighted by Gasteiger charge is -2.27. The van der Waals surface area contributed by atoms with E-state index in [9.17, 15) is 9.59 Å². The number of thioether (sulfide) groups is 1. The SMILES string of the molecule is CCC(C(=O)N1CSCC1C(=O)NCC1CC1)c1ccccc1. The normalized spacial score (nSPS) is 22.0. The van der Waals surface area contributed by atoms with Gasteiger partial charge in [0, 0.05) is 12.3 Å². The molecular weight excluding hydrogens is 308 g/mol. The van der Waals surface area contributed by atoms with Crippen LogP contribution in [0.1, 0.15) is 37.7 Å². The smallest absolute Gasteiger partial charge is 0.243 e. The van der Waals surface area contributed by atoms with E-state index in [1.165, 1.54) is 12.8 Å². The fraction of sp³-hybridized carbons (Fsp3) is 0.556. The molecule has 2 fully saturated rings. The Morgan fingerprint density at radius 3 is 2.70 bits per heavy atom. The molecule has 4 nitrogen and oxygen atoms in total. The Kier molecular flexibility index (Phi) is 5.26. The second-order valence-corrected chi connectivity index (χ2v) is 7.38. The number of rotatable bonds is 6. The second-order valence-electron chi connectivity index (χ2n) is 6.38. The standard InChI is InChI=1S/C18H24N2O2S/c1-2-15(14-6-4-3-5-7-14)18(22)20-12-23-11-16(20)17(21)19-10-13-8-9-13/h3-7,13,15-16H,2,8-12H2,1H3,(H,19,21). The molecule has 2 amide bonds. The summed E-state index contributed by atoms with van der Waals surface area (Å²) in [6.07, 6.45) is 3.18. The highest BCUT2D eigenvalue weighted by molar-refractivity contribution is 7.99. The molecule has 1 N–H and O–H groups in total. The third kappa shape index (κ3) is 3.89. The first kappa shape index (κ1) is 16.4. The lowest BCUT2D eigenvalue weighted by atomic mass is 9.94. The number of nitrogens with zero attached hydrogens (tertiary/aromatic N) is 1. The molecule has 0 radical (unpaired) electrons. The zero-order valence-electron chi connectivity index (χ0n) is 13.5. The molecule has 0 aromatic heterocycles. The molecular formula is C18H24N2O2S. The van der Waals surface area contributed by atoms with Gasteiger partial charge in [-0.2, -0.15) is 0 Å².